The third kappa shape index (κ3) is 12.0. The lowest BCUT2D eigenvalue weighted by Gasteiger charge is -2.04. The fraction of sp³-hybridized carbons (Fsp3) is 0.800. The van der Waals surface area contributed by atoms with Gasteiger partial charge in [0.15, 0.2) is 0 Å². The van der Waals surface area contributed by atoms with Crippen molar-refractivity contribution in [3.63, 3.8) is 0 Å². The topological polar surface area (TPSA) is 98.7 Å². The predicted octanol–water partition coefficient (Wildman–Crippen LogP) is -0.635. The summed E-state index contributed by atoms with van der Waals surface area (Å²) in [6.45, 7) is 1.08. The number of hydrogen-bond donors (Lipinski definition) is 4. The fourth-order valence-corrected chi connectivity index (χ4v) is 2.63. The summed E-state index contributed by atoms with van der Waals surface area (Å²) in [5.74, 6) is 0.392. The number of rotatable bonds is 11. The molecule has 0 heterocycles. The molecule has 0 aromatic carbocycles. The van der Waals surface area contributed by atoms with Crippen molar-refractivity contribution in [2.75, 3.05) is 37.8 Å². The zero-order chi connectivity index (χ0) is 13.6. The number of carbonyl (C=O) groups excluding carboxylic acids is 2. The summed E-state index contributed by atoms with van der Waals surface area (Å²) >= 11 is 0. The third-order valence-corrected chi connectivity index (χ3v) is 3.91. The number of nitrogens with one attached hydrogen (secondary N) is 2. The molecule has 0 saturated heterocycles. The van der Waals surface area contributed by atoms with Gasteiger partial charge in [-0.3, -0.25) is 9.59 Å². The highest BCUT2D eigenvalue weighted by Gasteiger charge is 2.04. The Labute approximate surface area is 115 Å². The molecule has 0 unspecified atom stereocenters. The average molecular weight is 296 g/mol. The molecule has 18 heavy (non-hydrogen) atoms. The first kappa shape index (κ1) is 17.6. The Kier molecular flexibility index (Phi) is 12.7. The van der Waals surface area contributed by atoms with Crippen LogP contribution in [-0.4, -0.2) is 59.8 Å². The molecule has 0 spiro atoms. The monoisotopic (exact) mass is 296 g/mol. The van der Waals surface area contributed by atoms with Crippen LogP contribution in [0.2, 0.25) is 0 Å². The summed E-state index contributed by atoms with van der Waals surface area (Å²) in [5.41, 5.74) is 0. The van der Waals surface area contributed by atoms with Gasteiger partial charge in [-0.1, -0.05) is 21.6 Å². The van der Waals surface area contributed by atoms with E-state index in [4.69, 9.17) is 10.2 Å². The molecular formula is C10H20N2O4S2. The maximum atomic E-state index is 11.2. The van der Waals surface area contributed by atoms with Gasteiger partial charge in [0.05, 0.1) is 11.5 Å². The van der Waals surface area contributed by atoms with E-state index in [9.17, 15) is 9.59 Å². The number of aliphatic hydroxyl groups is 2. The second-order valence-corrected chi connectivity index (χ2v) is 5.84. The molecule has 0 fully saturated rings. The molecule has 6 nitrogen and oxygen atoms in total. The Balaban J connectivity index is 3.32. The molecule has 0 atom stereocenters. The van der Waals surface area contributed by atoms with E-state index in [1.54, 1.807) is 0 Å². The molecule has 106 valence electrons. The van der Waals surface area contributed by atoms with E-state index in [0.29, 0.717) is 37.4 Å². The molecule has 0 aromatic heterocycles. The molecule has 0 aliphatic carbocycles. The highest BCUT2D eigenvalue weighted by Crippen LogP contribution is 2.19. The Hall–Kier alpha value is -0.440. The standard InChI is InChI=1S/C10H20N2O4S2/c13-5-1-3-11-9(15)7-17-18-8-10(16)12-4-2-6-14/h13-14H,1-8H2,(H,11,15)(H,12,16). The highest BCUT2D eigenvalue weighted by molar-refractivity contribution is 8.77. The van der Waals surface area contributed by atoms with Crippen LogP contribution in [0.1, 0.15) is 12.8 Å². The molecule has 0 rings (SSSR count). The zero-order valence-electron chi connectivity index (χ0n) is 10.2. The van der Waals surface area contributed by atoms with Crippen LogP contribution in [0, 0.1) is 0 Å². The Morgan fingerprint density at radius 3 is 1.56 bits per heavy atom. The minimum absolute atomic E-state index is 0.0657. The van der Waals surface area contributed by atoms with Crippen molar-refractivity contribution in [1.29, 1.82) is 0 Å². The van der Waals surface area contributed by atoms with Gasteiger partial charge in [-0.15, -0.1) is 0 Å². The molecular weight excluding hydrogens is 276 g/mol. The van der Waals surface area contributed by atoms with E-state index in [1.165, 1.54) is 21.6 Å². The summed E-state index contributed by atoms with van der Waals surface area (Å²) < 4.78 is 0. The molecule has 8 heteroatoms. The second-order valence-electron chi connectivity index (χ2n) is 3.38. The smallest absolute Gasteiger partial charge is 0.230 e. The van der Waals surface area contributed by atoms with Gasteiger partial charge in [-0.05, 0) is 12.8 Å². The van der Waals surface area contributed by atoms with Crippen LogP contribution in [0.4, 0.5) is 0 Å². The van der Waals surface area contributed by atoms with Gasteiger partial charge in [0.1, 0.15) is 0 Å². The molecule has 0 aliphatic heterocycles. The van der Waals surface area contributed by atoms with Gasteiger partial charge < -0.3 is 20.8 Å². The highest BCUT2D eigenvalue weighted by atomic mass is 33.1. The minimum Gasteiger partial charge on any atom is -0.396 e. The molecule has 0 radical (unpaired) electrons. The van der Waals surface area contributed by atoms with Crippen LogP contribution in [0.15, 0.2) is 0 Å². The number of aliphatic hydroxyl groups excluding tert-OH is 2. The summed E-state index contributed by atoms with van der Waals surface area (Å²) in [6.07, 6.45) is 1.10. The number of carbonyl (C=O) groups is 2. The largest absolute Gasteiger partial charge is 0.396 e. The second kappa shape index (κ2) is 13.0. The van der Waals surface area contributed by atoms with Crippen molar-refractivity contribution in [3.05, 3.63) is 0 Å². The van der Waals surface area contributed by atoms with Gasteiger partial charge in [0.2, 0.25) is 11.8 Å². The van der Waals surface area contributed by atoms with Crippen LogP contribution < -0.4 is 10.6 Å². The first-order valence-corrected chi connectivity index (χ1v) is 8.19. The van der Waals surface area contributed by atoms with Crippen molar-refractivity contribution in [2.24, 2.45) is 0 Å². The lowest BCUT2D eigenvalue weighted by atomic mass is 10.4. The van der Waals surface area contributed by atoms with E-state index in [1.807, 2.05) is 0 Å². The molecule has 0 aromatic rings. The zero-order valence-corrected chi connectivity index (χ0v) is 11.8. The van der Waals surface area contributed by atoms with Crippen LogP contribution in [0.3, 0.4) is 0 Å². The fourth-order valence-electron chi connectivity index (χ4n) is 0.906. The van der Waals surface area contributed by atoms with Crippen molar-refractivity contribution in [2.45, 2.75) is 12.8 Å². The molecule has 4 N–H and O–H groups in total. The van der Waals surface area contributed by atoms with E-state index >= 15 is 0 Å². The first-order valence-electron chi connectivity index (χ1n) is 5.70. The summed E-state index contributed by atoms with van der Waals surface area (Å²) in [6, 6.07) is 0. The van der Waals surface area contributed by atoms with Crippen molar-refractivity contribution in [1.82, 2.24) is 10.6 Å². The summed E-state index contributed by atoms with van der Waals surface area (Å²) in [7, 11) is 2.64. The molecule has 0 bridgehead atoms. The van der Waals surface area contributed by atoms with Crippen LogP contribution in [0.25, 0.3) is 0 Å². The van der Waals surface area contributed by atoms with E-state index < -0.39 is 0 Å². The summed E-state index contributed by atoms with van der Waals surface area (Å²) in [5, 5.41) is 22.3. The van der Waals surface area contributed by atoms with Crippen molar-refractivity contribution < 1.29 is 19.8 Å². The SMILES string of the molecule is O=C(CSSCC(=O)NCCCO)NCCCO. The maximum absolute atomic E-state index is 11.2. The van der Waals surface area contributed by atoms with Gasteiger partial charge in [0, 0.05) is 26.3 Å². The number of hydrogen-bond acceptors (Lipinski definition) is 6. The minimum atomic E-state index is -0.0957. The third-order valence-electron chi connectivity index (χ3n) is 1.78. The Morgan fingerprint density at radius 1 is 0.833 bits per heavy atom. The Bertz CT molecular complexity index is 218. The van der Waals surface area contributed by atoms with Crippen molar-refractivity contribution in [3.8, 4) is 0 Å². The predicted molar refractivity (Wildman–Crippen MR) is 74.3 cm³/mol. The number of amides is 2. The normalized spacial score (nSPS) is 10.1. The Morgan fingerprint density at radius 2 is 1.22 bits per heavy atom. The molecule has 2 amide bonds. The maximum Gasteiger partial charge on any atom is 0.230 e. The van der Waals surface area contributed by atoms with Gasteiger partial charge in [-0.25, -0.2) is 0 Å². The van der Waals surface area contributed by atoms with Crippen LogP contribution >= 0.6 is 21.6 Å². The lowest BCUT2D eigenvalue weighted by molar-refractivity contribution is -0.119. The quantitative estimate of drug-likeness (QED) is 0.299. The van der Waals surface area contributed by atoms with Gasteiger partial charge >= 0.3 is 0 Å². The van der Waals surface area contributed by atoms with E-state index in [0.717, 1.165) is 0 Å². The molecule has 0 aliphatic rings. The van der Waals surface area contributed by atoms with Crippen LogP contribution in [-0.2, 0) is 9.59 Å². The van der Waals surface area contributed by atoms with Gasteiger partial charge in [-0.2, -0.15) is 0 Å². The average Bonchev–Trinajstić information content (AvgIpc) is 2.35. The van der Waals surface area contributed by atoms with Gasteiger partial charge in [0.25, 0.3) is 0 Å². The lowest BCUT2D eigenvalue weighted by Crippen LogP contribution is -2.27. The van der Waals surface area contributed by atoms with E-state index in [2.05, 4.69) is 10.6 Å². The summed E-state index contributed by atoms with van der Waals surface area (Å²) in [4.78, 5) is 22.4. The van der Waals surface area contributed by atoms with Crippen molar-refractivity contribution >= 4 is 33.4 Å². The van der Waals surface area contributed by atoms with E-state index in [-0.39, 0.29) is 25.0 Å². The van der Waals surface area contributed by atoms with Crippen LogP contribution in [0.5, 0.6) is 0 Å². The molecule has 0 saturated carbocycles. The first-order chi connectivity index (χ1) is 8.70.